The van der Waals surface area contributed by atoms with E-state index in [-0.39, 0.29) is 0 Å². The highest BCUT2D eigenvalue weighted by Gasteiger charge is 2.28. The summed E-state index contributed by atoms with van der Waals surface area (Å²) in [5.41, 5.74) is 0. The molecule has 0 aliphatic rings. The third kappa shape index (κ3) is 43.4. The molecule has 0 spiro atoms. The molecular formula is C50H101NO6S. The monoisotopic (exact) mass is 844 g/mol. The van der Waals surface area contributed by atoms with Crippen molar-refractivity contribution in [2.24, 2.45) is 0 Å². The Morgan fingerprint density at radius 2 is 0.621 bits per heavy atom. The molecule has 0 radical (unpaired) electrons. The molecule has 0 bridgehead atoms. The molecule has 0 aromatic rings. The molecule has 0 heterocycles. The van der Waals surface area contributed by atoms with E-state index in [0.29, 0.717) is 12.8 Å². The molecule has 0 aliphatic carbocycles. The van der Waals surface area contributed by atoms with Gasteiger partial charge in [-0.25, -0.2) is 0 Å². The Balaban J connectivity index is 3.80. The van der Waals surface area contributed by atoms with Gasteiger partial charge in [0.25, 0.3) is 10.1 Å². The van der Waals surface area contributed by atoms with Crippen LogP contribution in [0.4, 0.5) is 0 Å². The lowest BCUT2D eigenvalue weighted by molar-refractivity contribution is -0.131. The van der Waals surface area contributed by atoms with Gasteiger partial charge in [-0.3, -0.25) is 9.35 Å². The van der Waals surface area contributed by atoms with Crippen LogP contribution < -0.4 is 5.32 Å². The molecule has 0 saturated carbocycles. The van der Waals surface area contributed by atoms with E-state index < -0.39 is 40.0 Å². The van der Waals surface area contributed by atoms with Crippen LogP contribution >= 0.6 is 0 Å². The number of hydrogen-bond donors (Lipinski definition) is 4. The average molecular weight is 844 g/mol. The van der Waals surface area contributed by atoms with Crippen molar-refractivity contribution in [3.63, 3.8) is 0 Å². The summed E-state index contributed by atoms with van der Waals surface area (Å²) in [6.45, 7) is 4.55. The molecule has 348 valence electrons. The van der Waals surface area contributed by atoms with E-state index >= 15 is 0 Å². The molecule has 3 atom stereocenters. The SMILES string of the molecule is CCCCCCCCCCCCCCCCCCCCCCCCC(O)C(=O)NC(CS(=O)(=O)O)C(O)CCCCCCCCCCCCCCCCCCCCC. The normalized spacial score (nSPS) is 13.5. The molecule has 0 aliphatic heterocycles. The number of hydrogen-bond acceptors (Lipinski definition) is 5. The third-order valence-corrected chi connectivity index (χ3v) is 13.2. The number of aliphatic hydroxyl groups is 2. The highest BCUT2D eigenvalue weighted by atomic mass is 32.2. The molecule has 8 heteroatoms. The number of rotatable bonds is 48. The lowest BCUT2D eigenvalue weighted by Gasteiger charge is -2.24. The minimum absolute atomic E-state index is 0.305. The topological polar surface area (TPSA) is 124 Å². The Hall–Kier alpha value is -0.700. The lowest BCUT2D eigenvalue weighted by atomic mass is 10.0. The second-order valence-electron chi connectivity index (χ2n) is 18.3. The van der Waals surface area contributed by atoms with E-state index in [1.807, 2.05) is 0 Å². The van der Waals surface area contributed by atoms with Gasteiger partial charge in [0.2, 0.25) is 5.91 Å². The molecule has 0 saturated heterocycles. The minimum atomic E-state index is -4.41. The predicted molar refractivity (Wildman–Crippen MR) is 250 cm³/mol. The van der Waals surface area contributed by atoms with Gasteiger partial charge >= 0.3 is 0 Å². The maximum Gasteiger partial charge on any atom is 0.266 e. The average Bonchev–Trinajstić information content (AvgIpc) is 3.19. The van der Waals surface area contributed by atoms with E-state index in [1.165, 1.54) is 218 Å². The summed E-state index contributed by atoms with van der Waals surface area (Å²) in [5.74, 6) is -1.44. The van der Waals surface area contributed by atoms with Gasteiger partial charge in [-0.15, -0.1) is 0 Å². The zero-order chi connectivity index (χ0) is 42.6. The van der Waals surface area contributed by atoms with Crippen molar-refractivity contribution in [3.05, 3.63) is 0 Å². The molecule has 4 N–H and O–H groups in total. The van der Waals surface area contributed by atoms with Gasteiger partial charge in [-0.1, -0.05) is 277 Å². The van der Waals surface area contributed by atoms with Gasteiger partial charge < -0.3 is 15.5 Å². The van der Waals surface area contributed by atoms with E-state index in [1.54, 1.807) is 0 Å². The van der Waals surface area contributed by atoms with Crippen LogP contribution in [0.2, 0.25) is 0 Å². The third-order valence-electron chi connectivity index (χ3n) is 12.4. The minimum Gasteiger partial charge on any atom is -0.391 e. The smallest absolute Gasteiger partial charge is 0.266 e. The summed E-state index contributed by atoms with van der Waals surface area (Å²) in [4.78, 5) is 12.7. The zero-order valence-corrected chi connectivity index (χ0v) is 39.6. The van der Waals surface area contributed by atoms with Gasteiger partial charge in [0.05, 0.1) is 17.9 Å². The number of amides is 1. The standard InChI is InChI=1S/C50H101NO6S/c1-3-5-7-9-11-13-15-17-19-21-23-24-25-27-29-31-33-35-37-39-41-43-45-49(53)50(54)51-47(46-58(55,56)57)48(52)44-42-40-38-36-34-32-30-28-26-22-20-18-16-14-12-10-8-6-4-2/h47-49,52-53H,3-46H2,1-2H3,(H,51,54)(H,55,56,57). The predicted octanol–water partition coefficient (Wildman–Crippen LogP) is 14.9. The number of nitrogens with one attached hydrogen (secondary N) is 1. The molecule has 58 heavy (non-hydrogen) atoms. The number of unbranched alkanes of at least 4 members (excludes halogenated alkanes) is 39. The largest absolute Gasteiger partial charge is 0.391 e. The van der Waals surface area contributed by atoms with E-state index in [4.69, 9.17) is 0 Å². The fourth-order valence-corrected chi connectivity index (χ4v) is 9.22. The van der Waals surface area contributed by atoms with E-state index in [2.05, 4.69) is 19.2 Å². The summed E-state index contributed by atoms with van der Waals surface area (Å²) in [5, 5.41) is 23.7. The number of aliphatic hydroxyl groups excluding tert-OH is 2. The van der Waals surface area contributed by atoms with Crippen molar-refractivity contribution in [1.82, 2.24) is 5.32 Å². The van der Waals surface area contributed by atoms with Crippen LogP contribution in [0.1, 0.15) is 290 Å². The van der Waals surface area contributed by atoms with E-state index in [9.17, 15) is 28.0 Å². The first-order chi connectivity index (χ1) is 28.2. The summed E-state index contributed by atoms with van der Waals surface area (Å²) in [6, 6.07) is -1.14. The summed E-state index contributed by atoms with van der Waals surface area (Å²) >= 11 is 0. The fraction of sp³-hybridized carbons (Fsp3) is 0.980. The van der Waals surface area contributed by atoms with Crippen molar-refractivity contribution < 1.29 is 28.0 Å². The van der Waals surface area contributed by atoms with Crippen molar-refractivity contribution in [3.8, 4) is 0 Å². The Kier molecular flexibility index (Phi) is 43.8. The second-order valence-corrected chi connectivity index (χ2v) is 19.8. The van der Waals surface area contributed by atoms with Gasteiger partial charge in [0.1, 0.15) is 6.10 Å². The molecule has 7 nitrogen and oxygen atoms in total. The van der Waals surface area contributed by atoms with Crippen molar-refractivity contribution in [1.29, 1.82) is 0 Å². The lowest BCUT2D eigenvalue weighted by Crippen LogP contribution is -2.50. The van der Waals surface area contributed by atoms with Gasteiger partial charge in [-0.2, -0.15) is 8.42 Å². The highest BCUT2D eigenvalue weighted by Crippen LogP contribution is 2.18. The van der Waals surface area contributed by atoms with Gasteiger partial charge in [-0.05, 0) is 12.8 Å². The first kappa shape index (κ1) is 57.3. The van der Waals surface area contributed by atoms with Crippen LogP contribution in [0.15, 0.2) is 0 Å². The number of carbonyl (C=O) groups excluding carboxylic acids is 1. The second kappa shape index (κ2) is 44.4. The van der Waals surface area contributed by atoms with Gasteiger partial charge in [0, 0.05) is 0 Å². The summed E-state index contributed by atoms with van der Waals surface area (Å²) < 4.78 is 32.8. The number of carbonyl (C=O) groups is 1. The van der Waals surface area contributed by atoms with Crippen LogP contribution in [0.5, 0.6) is 0 Å². The molecule has 1 amide bonds. The van der Waals surface area contributed by atoms with Crippen molar-refractivity contribution >= 4 is 16.0 Å². The van der Waals surface area contributed by atoms with Gasteiger partial charge in [0.15, 0.2) is 0 Å². The van der Waals surface area contributed by atoms with Crippen LogP contribution in [-0.2, 0) is 14.9 Å². The first-order valence-electron chi connectivity index (χ1n) is 25.8. The Morgan fingerprint density at radius 1 is 0.397 bits per heavy atom. The Bertz CT molecular complexity index is 946. The quantitative estimate of drug-likeness (QED) is 0.0357. The molecular weight excluding hydrogens is 743 g/mol. The Labute approximate surface area is 362 Å². The van der Waals surface area contributed by atoms with Crippen LogP contribution in [0.3, 0.4) is 0 Å². The van der Waals surface area contributed by atoms with Crippen LogP contribution in [-0.4, -0.2) is 53.1 Å². The summed E-state index contributed by atoms with van der Waals surface area (Å²) in [7, 11) is -4.41. The van der Waals surface area contributed by atoms with Crippen LogP contribution in [0, 0.1) is 0 Å². The first-order valence-corrected chi connectivity index (χ1v) is 27.4. The maximum absolute atomic E-state index is 12.7. The fourth-order valence-electron chi connectivity index (χ4n) is 8.47. The molecule has 0 aromatic carbocycles. The van der Waals surface area contributed by atoms with Crippen LogP contribution in [0.25, 0.3) is 0 Å². The molecule has 0 aromatic heterocycles. The molecule has 3 unspecified atom stereocenters. The zero-order valence-electron chi connectivity index (χ0n) is 38.8. The molecule has 0 rings (SSSR count). The molecule has 0 fully saturated rings. The van der Waals surface area contributed by atoms with E-state index in [0.717, 1.165) is 44.9 Å². The maximum atomic E-state index is 12.7. The highest BCUT2D eigenvalue weighted by molar-refractivity contribution is 7.85. The van der Waals surface area contributed by atoms with Crippen molar-refractivity contribution in [2.75, 3.05) is 5.75 Å². The van der Waals surface area contributed by atoms with Crippen molar-refractivity contribution in [2.45, 2.75) is 308 Å². The summed E-state index contributed by atoms with van der Waals surface area (Å²) in [6.07, 6.45) is 51.3. The Morgan fingerprint density at radius 3 is 0.862 bits per heavy atom.